The molecule has 4 aromatic rings. The van der Waals surface area contributed by atoms with Gasteiger partial charge in [0.25, 0.3) is 5.91 Å². The predicted octanol–water partition coefficient (Wildman–Crippen LogP) is 4.79. The second-order valence-electron chi connectivity index (χ2n) is 6.26. The minimum atomic E-state index is -0.767. The third-order valence-electron chi connectivity index (χ3n) is 4.62. The first kappa shape index (κ1) is 17.1. The van der Waals surface area contributed by atoms with Crippen molar-refractivity contribution in [2.75, 3.05) is 4.90 Å². The summed E-state index contributed by atoms with van der Waals surface area (Å²) in [6.45, 7) is 0. The van der Waals surface area contributed by atoms with Gasteiger partial charge < -0.3 is 4.42 Å². The topological polar surface area (TPSA) is 63.4 Å². The van der Waals surface area contributed by atoms with Crippen LogP contribution < -0.4 is 10.3 Å². The van der Waals surface area contributed by atoms with E-state index in [9.17, 15) is 14.0 Å². The fourth-order valence-electron chi connectivity index (χ4n) is 3.47. The van der Waals surface area contributed by atoms with Crippen LogP contribution in [0.2, 0.25) is 5.02 Å². The second-order valence-corrected chi connectivity index (χ2v) is 7.57. The summed E-state index contributed by atoms with van der Waals surface area (Å²) in [6, 6.07) is 9.78. The zero-order chi connectivity index (χ0) is 19.4. The molecule has 8 heteroatoms. The number of anilines is 1. The normalized spacial score (nSPS) is 16.0. The smallest absolute Gasteiger partial charge is 0.297 e. The first-order chi connectivity index (χ1) is 13.5. The second kappa shape index (κ2) is 6.25. The molecule has 5 rings (SSSR count). The molecule has 1 atom stereocenters. The van der Waals surface area contributed by atoms with E-state index in [4.69, 9.17) is 16.0 Å². The van der Waals surface area contributed by atoms with Gasteiger partial charge in [0.15, 0.2) is 10.6 Å². The molecule has 0 fully saturated rings. The van der Waals surface area contributed by atoms with E-state index < -0.39 is 23.2 Å². The molecular formula is C20H10ClFN2O3S. The molecule has 0 aliphatic carbocycles. The zero-order valence-electron chi connectivity index (χ0n) is 14.1. The van der Waals surface area contributed by atoms with E-state index in [2.05, 4.69) is 4.98 Å². The molecule has 1 amide bonds. The molecule has 0 saturated heterocycles. The van der Waals surface area contributed by atoms with E-state index in [1.807, 2.05) is 0 Å². The molecule has 1 aliphatic rings. The van der Waals surface area contributed by atoms with E-state index in [-0.39, 0.29) is 22.3 Å². The minimum Gasteiger partial charge on any atom is -0.450 e. The van der Waals surface area contributed by atoms with Crippen LogP contribution in [0.4, 0.5) is 9.52 Å². The van der Waals surface area contributed by atoms with Crippen LogP contribution in [0.1, 0.15) is 27.7 Å². The number of fused-ring (bicyclic) bond motifs is 2. The number of nitrogens with zero attached hydrogens (tertiary/aromatic N) is 2. The van der Waals surface area contributed by atoms with Gasteiger partial charge in [0.05, 0.1) is 17.0 Å². The lowest BCUT2D eigenvalue weighted by Crippen LogP contribution is -2.29. The van der Waals surface area contributed by atoms with Crippen LogP contribution in [0, 0.1) is 5.82 Å². The number of carbonyl (C=O) groups is 1. The summed E-state index contributed by atoms with van der Waals surface area (Å²) in [4.78, 5) is 32.1. The summed E-state index contributed by atoms with van der Waals surface area (Å²) in [5, 5.41) is 2.71. The third-order valence-corrected chi connectivity index (χ3v) is 5.63. The Balaban J connectivity index is 1.85. The predicted molar refractivity (Wildman–Crippen MR) is 105 cm³/mol. The van der Waals surface area contributed by atoms with Crippen LogP contribution in [0.3, 0.4) is 0 Å². The number of hydrogen-bond acceptors (Lipinski definition) is 5. The maximum Gasteiger partial charge on any atom is 0.297 e. The summed E-state index contributed by atoms with van der Waals surface area (Å²) in [6.07, 6.45) is 1.58. The summed E-state index contributed by atoms with van der Waals surface area (Å²) in [5.74, 6) is -1.09. The van der Waals surface area contributed by atoms with Gasteiger partial charge >= 0.3 is 0 Å². The molecule has 1 aliphatic heterocycles. The number of rotatable bonds is 2. The molecule has 138 valence electrons. The van der Waals surface area contributed by atoms with Gasteiger partial charge in [-0.1, -0.05) is 23.7 Å². The molecular weight excluding hydrogens is 403 g/mol. The lowest BCUT2D eigenvalue weighted by Gasteiger charge is -2.22. The van der Waals surface area contributed by atoms with Crippen molar-refractivity contribution in [3.05, 3.63) is 92.0 Å². The standard InChI is InChI=1S/C20H10ClFN2O3S/c21-11-3-1-2-10(8-11)16-15-17(25)13-9-12(22)4-5-14(13)27-18(15)19(26)24(16)20-23-6-7-28-20/h1-9,16H. The number of carbonyl (C=O) groups excluding carboxylic acids is 1. The van der Waals surface area contributed by atoms with Gasteiger partial charge in [-0.3, -0.25) is 14.5 Å². The van der Waals surface area contributed by atoms with Crippen LogP contribution in [-0.4, -0.2) is 10.9 Å². The number of halogens is 2. The van der Waals surface area contributed by atoms with Crippen LogP contribution >= 0.6 is 22.9 Å². The highest BCUT2D eigenvalue weighted by Gasteiger charge is 2.44. The zero-order valence-corrected chi connectivity index (χ0v) is 15.6. The largest absolute Gasteiger partial charge is 0.450 e. The number of aromatic nitrogens is 1. The number of hydrogen-bond donors (Lipinski definition) is 0. The van der Waals surface area contributed by atoms with Crippen molar-refractivity contribution < 1.29 is 13.6 Å². The Kier molecular flexibility index (Phi) is 3.82. The van der Waals surface area contributed by atoms with Crippen molar-refractivity contribution in [3.63, 3.8) is 0 Å². The highest BCUT2D eigenvalue weighted by Crippen LogP contribution is 2.42. The Morgan fingerprint density at radius 2 is 2.04 bits per heavy atom. The van der Waals surface area contributed by atoms with E-state index >= 15 is 0 Å². The van der Waals surface area contributed by atoms with E-state index in [1.54, 1.807) is 35.8 Å². The van der Waals surface area contributed by atoms with E-state index in [1.165, 1.54) is 28.4 Å². The Bertz CT molecular complexity index is 1300. The molecule has 1 unspecified atom stereocenters. The molecule has 0 spiro atoms. The van der Waals surface area contributed by atoms with Crippen LogP contribution in [0.5, 0.6) is 0 Å². The van der Waals surface area contributed by atoms with Crippen molar-refractivity contribution in [1.29, 1.82) is 0 Å². The molecule has 2 aromatic heterocycles. The van der Waals surface area contributed by atoms with Crippen LogP contribution in [-0.2, 0) is 0 Å². The maximum absolute atomic E-state index is 13.7. The number of thiazole rings is 1. The summed E-state index contributed by atoms with van der Waals surface area (Å²) in [5.41, 5.74) is 0.496. The molecule has 0 bridgehead atoms. The van der Waals surface area contributed by atoms with Crippen molar-refractivity contribution in [2.45, 2.75) is 6.04 Å². The fourth-order valence-corrected chi connectivity index (χ4v) is 4.34. The Morgan fingerprint density at radius 1 is 1.18 bits per heavy atom. The lowest BCUT2D eigenvalue weighted by atomic mass is 9.99. The van der Waals surface area contributed by atoms with Crippen molar-refractivity contribution in [3.8, 4) is 0 Å². The fraction of sp³-hybridized carbons (Fsp3) is 0.0500. The molecule has 3 heterocycles. The molecule has 28 heavy (non-hydrogen) atoms. The molecule has 0 radical (unpaired) electrons. The van der Waals surface area contributed by atoms with Gasteiger partial charge in [-0.25, -0.2) is 9.37 Å². The Hall–Kier alpha value is -3.03. The van der Waals surface area contributed by atoms with E-state index in [0.717, 1.165) is 6.07 Å². The highest BCUT2D eigenvalue weighted by atomic mass is 35.5. The number of amides is 1. The SMILES string of the molecule is O=C1c2oc3ccc(F)cc3c(=O)c2C(c2cccc(Cl)c2)N1c1nccs1. The number of benzene rings is 2. The van der Waals surface area contributed by atoms with E-state index in [0.29, 0.717) is 15.7 Å². The molecule has 0 saturated carbocycles. The monoisotopic (exact) mass is 412 g/mol. The lowest BCUT2D eigenvalue weighted by molar-refractivity contribution is 0.0971. The van der Waals surface area contributed by atoms with Gasteiger partial charge in [-0.05, 0) is 35.9 Å². The third kappa shape index (κ3) is 2.47. The average molecular weight is 413 g/mol. The summed E-state index contributed by atoms with van der Waals surface area (Å²) >= 11 is 7.41. The summed E-state index contributed by atoms with van der Waals surface area (Å²) < 4.78 is 19.5. The van der Waals surface area contributed by atoms with Gasteiger partial charge in [-0.15, -0.1) is 11.3 Å². The van der Waals surface area contributed by atoms with Gasteiger partial charge in [0, 0.05) is 16.6 Å². The molecule has 0 N–H and O–H groups in total. The van der Waals surface area contributed by atoms with Crippen LogP contribution in [0.25, 0.3) is 11.0 Å². The first-order valence-electron chi connectivity index (χ1n) is 8.29. The van der Waals surface area contributed by atoms with Crippen LogP contribution in [0.15, 0.2) is 63.3 Å². The highest BCUT2D eigenvalue weighted by molar-refractivity contribution is 7.13. The molecule has 2 aromatic carbocycles. The van der Waals surface area contributed by atoms with Gasteiger partial charge in [0.2, 0.25) is 5.76 Å². The van der Waals surface area contributed by atoms with Crippen molar-refractivity contribution in [2.24, 2.45) is 0 Å². The van der Waals surface area contributed by atoms with Crippen molar-refractivity contribution in [1.82, 2.24) is 4.98 Å². The summed E-state index contributed by atoms with van der Waals surface area (Å²) in [7, 11) is 0. The Labute approximate surface area is 166 Å². The van der Waals surface area contributed by atoms with Crippen molar-refractivity contribution >= 4 is 44.9 Å². The average Bonchev–Trinajstić information content (AvgIpc) is 3.29. The van der Waals surface area contributed by atoms with Gasteiger partial charge in [0.1, 0.15) is 11.4 Å². The van der Waals surface area contributed by atoms with Gasteiger partial charge in [-0.2, -0.15) is 0 Å². The first-order valence-corrected chi connectivity index (χ1v) is 9.55. The quantitative estimate of drug-likeness (QED) is 0.474. The molecule has 5 nitrogen and oxygen atoms in total. The maximum atomic E-state index is 13.7. The Morgan fingerprint density at radius 3 is 2.79 bits per heavy atom. The minimum absolute atomic E-state index is 0.0655.